The van der Waals surface area contributed by atoms with Gasteiger partial charge in [-0.2, -0.15) is 5.10 Å². The molecule has 0 radical (unpaired) electrons. The van der Waals surface area contributed by atoms with Crippen LogP contribution in [0.25, 0.3) is 0 Å². The molecule has 0 amide bonds. The molecule has 0 aliphatic heterocycles. The fourth-order valence-electron chi connectivity index (χ4n) is 2.07. The first-order chi connectivity index (χ1) is 10.6. The van der Waals surface area contributed by atoms with Gasteiger partial charge < -0.3 is 10.1 Å². The lowest BCUT2D eigenvalue weighted by atomic mass is 10.1. The van der Waals surface area contributed by atoms with E-state index in [0.717, 1.165) is 6.42 Å². The van der Waals surface area contributed by atoms with Gasteiger partial charge in [-0.1, -0.05) is 30.3 Å². The number of hydrogen-bond donors (Lipinski definition) is 1. The number of halogens is 1. The molecule has 2 rings (SSSR count). The summed E-state index contributed by atoms with van der Waals surface area (Å²) in [6, 6.07) is 9.94. The van der Waals surface area contributed by atoms with Gasteiger partial charge >= 0.3 is 5.69 Å². The van der Waals surface area contributed by atoms with Gasteiger partial charge in [-0.25, -0.2) is 4.68 Å². The number of ether oxygens (including phenoxy) is 1. The Balaban J connectivity index is 2.11. The van der Waals surface area contributed by atoms with Crippen molar-refractivity contribution >= 4 is 27.4 Å². The van der Waals surface area contributed by atoms with Crippen LogP contribution in [-0.4, -0.2) is 35.0 Å². The van der Waals surface area contributed by atoms with Crippen molar-refractivity contribution in [2.45, 2.75) is 13.0 Å². The zero-order valence-electron chi connectivity index (χ0n) is 12.2. The molecule has 1 aromatic carbocycles. The maximum atomic E-state index is 11.2. The molecule has 22 heavy (non-hydrogen) atoms. The number of hydrogen-bond acceptors (Lipinski definition) is 5. The van der Waals surface area contributed by atoms with Gasteiger partial charge in [0.1, 0.15) is 0 Å². The molecule has 0 atom stereocenters. The molecule has 0 bridgehead atoms. The zero-order valence-corrected chi connectivity index (χ0v) is 13.7. The van der Waals surface area contributed by atoms with Crippen LogP contribution in [0.15, 0.2) is 34.9 Å². The van der Waals surface area contributed by atoms with Crippen molar-refractivity contribution in [1.82, 2.24) is 9.78 Å². The second-order valence-corrected chi connectivity index (χ2v) is 5.37. The van der Waals surface area contributed by atoms with Crippen LogP contribution in [0.2, 0.25) is 0 Å². The van der Waals surface area contributed by atoms with Crippen molar-refractivity contribution in [2.24, 2.45) is 0 Å². The monoisotopic (exact) mass is 368 g/mol. The predicted molar refractivity (Wildman–Crippen MR) is 87.1 cm³/mol. The van der Waals surface area contributed by atoms with E-state index in [1.54, 1.807) is 11.8 Å². The topological polar surface area (TPSA) is 82.2 Å². The molecule has 0 saturated heterocycles. The maximum absolute atomic E-state index is 11.2. The summed E-state index contributed by atoms with van der Waals surface area (Å²) in [6.07, 6.45) is 0.769. The molecule has 1 heterocycles. The number of nitrogens with one attached hydrogen (secondary N) is 1. The Kier molecular flexibility index (Phi) is 5.91. The normalized spacial score (nSPS) is 10.6. The number of aromatic nitrogens is 2. The largest absolute Gasteiger partial charge is 0.383 e. The van der Waals surface area contributed by atoms with E-state index in [1.165, 1.54) is 5.56 Å². The first-order valence-corrected chi connectivity index (χ1v) is 7.60. The Morgan fingerprint density at radius 2 is 2.14 bits per heavy atom. The Morgan fingerprint density at radius 3 is 2.77 bits per heavy atom. The van der Waals surface area contributed by atoms with Gasteiger partial charge in [0, 0.05) is 13.7 Å². The van der Waals surface area contributed by atoms with E-state index in [2.05, 4.69) is 26.3 Å². The second-order valence-electron chi connectivity index (χ2n) is 4.62. The minimum absolute atomic E-state index is 0.0517. The van der Waals surface area contributed by atoms with Gasteiger partial charge in [0.05, 0.1) is 18.1 Å². The molecule has 118 valence electrons. The quantitative estimate of drug-likeness (QED) is 0.572. The van der Waals surface area contributed by atoms with Gasteiger partial charge in [-0.05, 0) is 27.9 Å². The summed E-state index contributed by atoms with van der Waals surface area (Å²) in [6.45, 7) is 1.45. The van der Waals surface area contributed by atoms with Gasteiger partial charge in [-0.3, -0.25) is 10.1 Å². The number of methoxy groups -OCH3 is 1. The van der Waals surface area contributed by atoms with Gasteiger partial charge in [-0.15, -0.1) is 0 Å². The van der Waals surface area contributed by atoms with Crippen molar-refractivity contribution in [3.8, 4) is 0 Å². The lowest BCUT2D eigenvalue weighted by Gasteiger charge is -2.09. The van der Waals surface area contributed by atoms with Crippen LogP contribution in [0, 0.1) is 10.1 Å². The van der Waals surface area contributed by atoms with E-state index in [1.807, 2.05) is 30.3 Å². The van der Waals surface area contributed by atoms with Crippen molar-refractivity contribution in [3.63, 3.8) is 0 Å². The lowest BCUT2D eigenvalue weighted by Crippen LogP contribution is -2.14. The number of nitro groups is 1. The van der Waals surface area contributed by atoms with Gasteiger partial charge in [0.25, 0.3) is 0 Å². The molecule has 0 aliphatic rings. The van der Waals surface area contributed by atoms with Crippen LogP contribution in [0.4, 0.5) is 11.5 Å². The van der Waals surface area contributed by atoms with Crippen LogP contribution in [-0.2, 0) is 17.7 Å². The SMILES string of the molecule is COCCn1nc(Br)c([N+](=O)[O-])c1NCCc1ccccc1. The summed E-state index contributed by atoms with van der Waals surface area (Å²) in [7, 11) is 1.58. The van der Waals surface area contributed by atoms with Crippen LogP contribution >= 0.6 is 15.9 Å². The number of benzene rings is 1. The van der Waals surface area contributed by atoms with Crippen molar-refractivity contribution in [2.75, 3.05) is 25.6 Å². The summed E-state index contributed by atoms with van der Waals surface area (Å²) in [5, 5.41) is 18.5. The molecule has 0 saturated carbocycles. The van der Waals surface area contributed by atoms with Gasteiger partial charge in [0.2, 0.25) is 10.4 Å². The molecular formula is C14H17BrN4O3. The molecule has 0 unspecified atom stereocenters. The molecule has 0 aliphatic carbocycles. The smallest absolute Gasteiger partial charge is 0.345 e. The standard InChI is InChI=1S/C14H17BrN4O3/c1-22-10-9-18-14(12(19(20)21)13(15)17-18)16-8-7-11-5-3-2-4-6-11/h2-6,16H,7-10H2,1H3. The maximum Gasteiger partial charge on any atom is 0.345 e. The summed E-state index contributed by atoms with van der Waals surface area (Å²) in [4.78, 5) is 10.8. The van der Waals surface area contributed by atoms with E-state index in [-0.39, 0.29) is 10.3 Å². The summed E-state index contributed by atoms with van der Waals surface area (Å²) in [5.74, 6) is 0.393. The van der Waals surface area contributed by atoms with E-state index in [0.29, 0.717) is 25.5 Å². The minimum atomic E-state index is -0.439. The molecule has 1 N–H and O–H groups in total. The second kappa shape index (κ2) is 7.90. The van der Waals surface area contributed by atoms with Crippen molar-refractivity contribution < 1.29 is 9.66 Å². The number of anilines is 1. The first kappa shape index (κ1) is 16.4. The molecule has 0 fully saturated rings. The number of nitrogens with zero attached hydrogens (tertiary/aromatic N) is 3. The average Bonchev–Trinajstić information content (AvgIpc) is 2.82. The molecule has 1 aromatic heterocycles. The van der Waals surface area contributed by atoms with E-state index < -0.39 is 4.92 Å². The first-order valence-electron chi connectivity index (χ1n) is 6.81. The molecular weight excluding hydrogens is 352 g/mol. The lowest BCUT2D eigenvalue weighted by molar-refractivity contribution is -0.384. The van der Waals surface area contributed by atoms with Crippen LogP contribution in [0.5, 0.6) is 0 Å². The zero-order chi connectivity index (χ0) is 15.9. The third kappa shape index (κ3) is 4.05. The fraction of sp³-hybridized carbons (Fsp3) is 0.357. The fourth-order valence-corrected chi connectivity index (χ4v) is 2.59. The third-order valence-corrected chi connectivity index (χ3v) is 3.66. The van der Waals surface area contributed by atoms with Crippen LogP contribution in [0.1, 0.15) is 5.56 Å². The predicted octanol–water partition coefficient (Wildman–Crippen LogP) is 2.85. The number of rotatable bonds is 8. The summed E-state index contributed by atoms with van der Waals surface area (Å²) in [5.41, 5.74) is 1.11. The molecule has 2 aromatic rings. The van der Waals surface area contributed by atoms with Gasteiger partial charge in [0.15, 0.2) is 0 Å². The Bertz CT molecular complexity index is 631. The highest BCUT2D eigenvalue weighted by Crippen LogP contribution is 2.32. The van der Waals surface area contributed by atoms with Crippen LogP contribution in [0.3, 0.4) is 0 Å². The minimum Gasteiger partial charge on any atom is -0.383 e. The van der Waals surface area contributed by atoms with Crippen LogP contribution < -0.4 is 5.32 Å². The average molecular weight is 369 g/mol. The van der Waals surface area contributed by atoms with Crippen molar-refractivity contribution in [3.05, 3.63) is 50.6 Å². The Morgan fingerprint density at radius 1 is 1.41 bits per heavy atom. The van der Waals surface area contributed by atoms with E-state index in [4.69, 9.17) is 4.74 Å². The van der Waals surface area contributed by atoms with E-state index >= 15 is 0 Å². The highest BCUT2D eigenvalue weighted by molar-refractivity contribution is 9.10. The summed E-state index contributed by atoms with van der Waals surface area (Å²) < 4.78 is 6.78. The highest BCUT2D eigenvalue weighted by atomic mass is 79.9. The summed E-state index contributed by atoms with van der Waals surface area (Å²) >= 11 is 3.14. The third-order valence-electron chi connectivity index (χ3n) is 3.13. The Labute approximate surface area is 136 Å². The van der Waals surface area contributed by atoms with Crippen molar-refractivity contribution in [1.29, 1.82) is 0 Å². The molecule has 7 nitrogen and oxygen atoms in total. The highest BCUT2D eigenvalue weighted by Gasteiger charge is 2.26. The Hall–Kier alpha value is -1.93. The van der Waals surface area contributed by atoms with E-state index in [9.17, 15) is 10.1 Å². The molecule has 0 spiro atoms. The molecule has 8 heteroatoms.